The van der Waals surface area contributed by atoms with Crippen LogP contribution in [0.4, 0.5) is 8.78 Å². The number of rotatable bonds is 2. The molecule has 1 aliphatic rings. The molecular formula is C16H11F2NO. The summed E-state index contributed by atoms with van der Waals surface area (Å²) >= 11 is 0. The van der Waals surface area contributed by atoms with Gasteiger partial charge in [0.05, 0.1) is 6.07 Å². The SMILES string of the molecule is N#CCCc1cc2c(cc1F)-c1ccc(F)cc1CO2. The lowest BCUT2D eigenvalue weighted by Crippen LogP contribution is -2.07. The van der Waals surface area contributed by atoms with Gasteiger partial charge in [-0.25, -0.2) is 8.78 Å². The van der Waals surface area contributed by atoms with Gasteiger partial charge in [0.25, 0.3) is 0 Å². The van der Waals surface area contributed by atoms with E-state index in [1.807, 2.05) is 6.07 Å². The Morgan fingerprint density at radius 3 is 2.80 bits per heavy atom. The first-order chi connectivity index (χ1) is 9.69. The van der Waals surface area contributed by atoms with E-state index >= 15 is 0 Å². The lowest BCUT2D eigenvalue weighted by atomic mass is 9.94. The molecule has 0 aliphatic carbocycles. The number of nitriles is 1. The van der Waals surface area contributed by atoms with Crippen molar-refractivity contribution >= 4 is 0 Å². The fraction of sp³-hybridized carbons (Fsp3) is 0.188. The second kappa shape index (κ2) is 4.93. The number of benzene rings is 2. The fourth-order valence-electron chi connectivity index (χ4n) is 2.41. The van der Waals surface area contributed by atoms with Gasteiger partial charge < -0.3 is 4.74 Å². The summed E-state index contributed by atoms with van der Waals surface area (Å²) in [6.07, 6.45) is 0.618. The zero-order chi connectivity index (χ0) is 14.1. The molecule has 0 fully saturated rings. The van der Waals surface area contributed by atoms with E-state index in [2.05, 4.69) is 0 Å². The van der Waals surface area contributed by atoms with Crippen molar-refractivity contribution in [1.82, 2.24) is 0 Å². The van der Waals surface area contributed by atoms with Gasteiger partial charge in [-0.3, -0.25) is 0 Å². The first kappa shape index (κ1) is 12.6. The van der Waals surface area contributed by atoms with E-state index in [9.17, 15) is 8.78 Å². The number of fused-ring (bicyclic) bond motifs is 3. The van der Waals surface area contributed by atoms with Crippen molar-refractivity contribution in [3.8, 4) is 22.9 Å². The standard InChI is InChI=1S/C16H11F2NO/c17-12-3-4-13-11(6-12)9-20-16-7-10(2-1-5-19)15(18)8-14(13)16/h3-4,6-8H,1-2,9H2. The van der Waals surface area contributed by atoms with Gasteiger partial charge in [-0.05, 0) is 41.8 Å². The van der Waals surface area contributed by atoms with Crippen LogP contribution in [0.15, 0.2) is 30.3 Å². The van der Waals surface area contributed by atoms with Crippen LogP contribution in [-0.4, -0.2) is 0 Å². The van der Waals surface area contributed by atoms with Gasteiger partial charge in [0.15, 0.2) is 0 Å². The smallest absolute Gasteiger partial charge is 0.128 e. The first-order valence-corrected chi connectivity index (χ1v) is 6.30. The monoisotopic (exact) mass is 271 g/mol. The van der Waals surface area contributed by atoms with Crippen molar-refractivity contribution in [2.24, 2.45) is 0 Å². The van der Waals surface area contributed by atoms with Crippen LogP contribution in [0.3, 0.4) is 0 Å². The van der Waals surface area contributed by atoms with Crippen molar-refractivity contribution < 1.29 is 13.5 Å². The number of ether oxygens (including phenoxy) is 1. The third kappa shape index (κ3) is 2.12. The number of nitrogens with zero attached hydrogens (tertiary/aromatic N) is 1. The maximum absolute atomic E-state index is 14.0. The predicted octanol–water partition coefficient (Wildman–Crippen LogP) is 3.98. The summed E-state index contributed by atoms with van der Waals surface area (Å²) in [7, 11) is 0. The molecule has 2 nitrogen and oxygen atoms in total. The van der Waals surface area contributed by atoms with Gasteiger partial charge in [0.2, 0.25) is 0 Å². The van der Waals surface area contributed by atoms with Crippen LogP contribution in [0.2, 0.25) is 0 Å². The summed E-state index contributed by atoms with van der Waals surface area (Å²) < 4.78 is 32.8. The topological polar surface area (TPSA) is 33.0 Å². The largest absolute Gasteiger partial charge is 0.488 e. The first-order valence-electron chi connectivity index (χ1n) is 6.30. The lowest BCUT2D eigenvalue weighted by Gasteiger charge is -2.21. The van der Waals surface area contributed by atoms with Gasteiger partial charge >= 0.3 is 0 Å². The van der Waals surface area contributed by atoms with Crippen LogP contribution in [0, 0.1) is 23.0 Å². The quantitative estimate of drug-likeness (QED) is 0.827. The van der Waals surface area contributed by atoms with Gasteiger partial charge in [-0.1, -0.05) is 6.07 Å². The molecule has 3 rings (SSSR count). The molecule has 0 amide bonds. The van der Waals surface area contributed by atoms with Crippen LogP contribution >= 0.6 is 0 Å². The minimum Gasteiger partial charge on any atom is -0.488 e. The van der Waals surface area contributed by atoms with Crippen LogP contribution in [0.5, 0.6) is 5.75 Å². The van der Waals surface area contributed by atoms with Crippen molar-refractivity contribution in [2.75, 3.05) is 0 Å². The van der Waals surface area contributed by atoms with Crippen LogP contribution in [-0.2, 0) is 13.0 Å². The number of hydrogen-bond donors (Lipinski definition) is 0. The van der Waals surface area contributed by atoms with Gasteiger partial charge in [0.1, 0.15) is 24.0 Å². The van der Waals surface area contributed by atoms with Gasteiger partial charge in [-0.15, -0.1) is 0 Å². The number of halogens is 2. The number of aryl methyl sites for hydroxylation is 1. The summed E-state index contributed by atoms with van der Waals surface area (Å²) in [5.74, 6) is -0.111. The van der Waals surface area contributed by atoms with Crippen molar-refractivity contribution in [3.05, 3.63) is 53.1 Å². The van der Waals surface area contributed by atoms with Crippen molar-refractivity contribution in [1.29, 1.82) is 5.26 Å². The summed E-state index contributed by atoms with van der Waals surface area (Å²) in [6.45, 7) is 0.267. The van der Waals surface area contributed by atoms with Gasteiger partial charge in [0, 0.05) is 17.5 Å². The lowest BCUT2D eigenvalue weighted by molar-refractivity contribution is 0.300. The molecule has 1 heterocycles. The Kier molecular flexibility index (Phi) is 3.11. The normalized spacial score (nSPS) is 12.1. The molecule has 0 saturated carbocycles. The van der Waals surface area contributed by atoms with Gasteiger partial charge in [-0.2, -0.15) is 5.26 Å². The Balaban J connectivity index is 2.08. The third-order valence-corrected chi connectivity index (χ3v) is 3.40. The van der Waals surface area contributed by atoms with E-state index in [-0.39, 0.29) is 24.7 Å². The highest BCUT2D eigenvalue weighted by Gasteiger charge is 2.20. The van der Waals surface area contributed by atoms with Crippen LogP contribution in [0.1, 0.15) is 17.5 Å². The summed E-state index contributed by atoms with van der Waals surface area (Å²) in [5.41, 5.74) is 2.60. The summed E-state index contributed by atoms with van der Waals surface area (Å²) in [5, 5.41) is 8.57. The highest BCUT2D eigenvalue weighted by molar-refractivity contribution is 5.75. The Hall–Kier alpha value is -2.41. The van der Waals surface area contributed by atoms with Crippen LogP contribution < -0.4 is 4.74 Å². The van der Waals surface area contributed by atoms with Crippen LogP contribution in [0.25, 0.3) is 11.1 Å². The molecule has 0 aromatic heterocycles. The molecule has 2 aromatic rings. The molecule has 100 valence electrons. The van der Waals surface area contributed by atoms with E-state index in [0.717, 1.165) is 5.56 Å². The summed E-state index contributed by atoms with van der Waals surface area (Å²) in [4.78, 5) is 0. The van der Waals surface area contributed by atoms with E-state index in [4.69, 9.17) is 10.00 Å². The summed E-state index contributed by atoms with van der Waals surface area (Å²) in [6, 6.07) is 9.43. The molecule has 0 atom stereocenters. The minimum atomic E-state index is -0.361. The predicted molar refractivity (Wildman–Crippen MR) is 70.1 cm³/mol. The highest BCUT2D eigenvalue weighted by atomic mass is 19.1. The zero-order valence-electron chi connectivity index (χ0n) is 10.6. The molecule has 0 bridgehead atoms. The van der Waals surface area contributed by atoms with Crippen molar-refractivity contribution in [3.63, 3.8) is 0 Å². The molecule has 20 heavy (non-hydrogen) atoms. The number of hydrogen-bond acceptors (Lipinski definition) is 2. The molecule has 0 spiro atoms. The Morgan fingerprint density at radius 2 is 2.00 bits per heavy atom. The molecule has 0 N–H and O–H groups in total. The second-order valence-corrected chi connectivity index (χ2v) is 4.69. The second-order valence-electron chi connectivity index (χ2n) is 4.69. The molecule has 0 radical (unpaired) electrons. The van der Waals surface area contributed by atoms with E-state index < -0.39 is 0 Å². The van der Waals surface area contributed by atoms with Crippen molar-refractivity contribution in [2.45, 2.75) is 19.4 Å². The Morgan fingerprint density at radius 1 is 1.15 bits per heavy atom. The average molecular weight is 271 g/mol. The Bertz CT molecular complexity index is 719. The minimum absolute atomic E-state index is 0.261. The maximum Gasteiger partial charge on any atom is 0.128 e. The van der Waals surface area contributed by atoms with E-state index in [1.165, 1.54) is 18.2 Å². The average Bonchev–Trinajstić information content (AvgIpc) is 2.44. The molecule has 0 unspecified atom stereocenters. The fourth-order valence-corrected chi connectivity index (χ4v) is 2.41. The molecule has 0 saturated heterocycles. The third-order valence-electron chi connectivity index (χ3n) is 3.40. The molecule has 4 heteroatoms. The van der Waals surface area contributed by atoms with E-state index in [1.54, 1.807) is 12.1 Å². The zero-order valence-corrected chi connectivity index (χ0v) is 10.6. The molecule has 2 aromatic carbocycles. The molecule has 1 aliphatic heterocycles. The highest BCUT2D eigenvalue weighted by Crippen LogP contribution is 2.39. The maximum atomic E-state index is 14.0. The molecular weight excluding hydrogens is 260 g/mol. The Labute approximate surface area is 115 Å². The van der Waals surface area contributed by atoms with E-state index in [0.29, 0.717) is 28.9 Å².